The number of sulfonamides is 1. The fourth-order valence-electron chi connectivity index (χ4n) is 1.59. The molecule has 2 aliphatic heterocycles. The van der Waals surface area contributed by atoms with Crippen LogP contribution >= 0.6 is 0 Å². The Hall–Kier alpha value is -1.02. The zero-order valence-electron chi connectivity index (χ0n) is 8.46. The van der Waals surface area contributed by atoms with E-state index in [2.05, 4.69) is 5.32 Å². The summed E-state index contributed by atoms with van der Waals surface area (Å²) in [5, 5.41) is 3.65. The summed E-state index contributed by atoms with van der Waals surface area (Å²) >= 11 is 0. The van der Waals surface area contributed by atoms with E-state index in [1.807, 2.05) is 0 Å². The van der Waals surface area contributed by atoms with Crippen molar-refractivity contribution in [2.75, 3.05) is 18.8 Å². The van der Waals surface area contributed by atoms with Gasteiger partial charge in [0, 0.05) is 24.7 Å². The Bertz CT molecular complexity index is 545. The third-order valence-corrected chi connectivity index (χ3v) is 5.74. The summed E-state index contributed by atoms with van der Waals surface area (Å²) in [4.78, 5) is 0. The Morgan fingerprint density at radius 2 is 2.00 bits per heavy atom. The first kappa shape index (κ1) is 11.5. The second-order valence-electron chi connectivity index (χ2n) is 3.53. The van der Waals surface area contributed by atoms with Crippen LogP contribution in [0.5, 0.6) is 0 Å². The molecule has 2 heterocycles. The fraction of sp³-hybridized carbons (Fsp3) is 0.500. The fourth-order valence-corrected chi connectivity index (χ4v) is 4.69. The molecule has 0 bridgehead atoms. The summed E-state index contributed by atoms with van der Waals surface area (Å²) in [6.45, 7) is 0.487. The van der Waals surface area contributed by atoms with Crippen LogP contribution in [0, 0.1) is 0 Å². The van der Waals surface area contributed by atoms with E-state index in [-0.39, 0.29) is 17.3 Å². The zero-order chi connectivity index (χ0) is 11.8. The minimum Gasteiger partial charge on any atom is -0.388 e. The monoisotopic (exact) mass is 264 g/mol. The van der Waals surface area contributed by atoms with Crippen molar-refractivity contribution in [1.82, 2.24) is 9.62 Å². The van der Waals surface area contributed by atoms with Gasteiger partial charge in [0.15, 0.2) is 14.9 Å². The molecule has 0 radical (unpaired) electrons. The quantitative estimate of drug-likeness (QED) is 0.680. The standard InChI is InChI=1S/C8H12N2O4S2/c11-15(12)6-3-9-7-8(15)10-4-1-2-5-16(10,13)14/h2,5,7,9H,1,3-4,6H2. The first-order chi connectivity index (χ1) is 7.43. The van der Waals surface area contributed by atoms with E-state index in [0.29, 0.717) is 13.0 Å². The lowest BCUT2D eigenvalue weighted by atomic mass is 10.4. The Labute approximate surface area is 94.6 Å². The summed E-state index contributed by atoms with van der Waals surface area (Å²) in [5.41, 5.74) is 0. The van der Waals surface area contributed by atoms with Gasteiger partial charge in [-0.1, -0.05) is 6.08 Å². The van der Waals surface area contributed by atoms with Crippen molar-refractivity contribution in [3.63, 3.8) is 0 Å². The summed E-state index contributed by atoms with van der Waals surface area (Å²) in [7, 11) is -7.11. The van der Waals surface area contributed by atoms with Crippen LogP contribution in [0.1, 0.15) is 6.42 Å². The van der Waals surface area contributed by atoms with E-state index in [1.54, 1.807) is 0 Å². The lowest BCUT2D eigenvalue weighted by Crippen LogP contribution is -2.40. The highest BCUT2D eigenvalue weighted by atomic mass is 32.2. The molecule has 0 aliphatic carbocycles. The Balaban J connectivity index is 2.46. The Morgan fingerprint density at radius 3 is 2.62 bits per heavy atom. The molecule has 0 aromatic heterocycles. The first-order valence-electron chi connectivity index (χ1n) is 4.79. The number of hydrogen-bond acceptors (Lipinski definition) is 5. The topological polar surface area (TPSA) is 83.6 Å². The zero-order valence-corrected chi connectivity index (χ0v) is 10.1. The number of nitrogens with one attached hydrogen (secondary N) is 1. The second-order valence-corrected chi connectivity index (χ2v) is 7.33. The maximum absolute atomic E-state index is 11.7. The Morgan fingerprint density at radius 1 is 1.25 bits per heavy atom. The summed E-state index contributed by atoms with van der Waals surface area (Å²) in [5.74, 6) is -0.0748. The predicted octanol–water partition coefficient (Wildman–Crippen LogP) is -0.647. The summed E-state index contributed by atoms with van der Waals surface area (Å²) in [6.07, 6.45) is 3.30. The molecule has 0 atom stereocenters. The van der Waals surface area contributed by atoms with Crippen LogP contribution in [0.2, 0.25) is 0 Å². The molecule has 16 heavy (non-hydrogen) atoms. The molecule has 2 aliphatic rings. The first-order valence-corrected chi connectivity index (χ1v) is 7.95. The molecule has 8 heteroatoms. The van der Waals surface area contributed by atoms with E-state index in [0.717, 1.165) is 9.71 Å². The largest absolute Gasteiger partial charge is 0.388 e. The lowest BCUT2D eigenvalue weighted by Gasteiger charge is -2.28. The van der Waals surface area contributed by atoms with Crippen molar-refractivity contribution in [3.05, 3.63) is 22.7 Å². The molecule has 90 valence electrons. The smallest absolute Gasteiger partial charge is 0.257 e. The number of rotatable bonds is 1. The van der Waals surface area contributed by atoms with Crippen LogP contribution in [-0.2, 0) is 19.9 Å². The molecule has 0 saturated heterocycles. The Kier molecular flexibility index (Phi) is 2.70. The molecule has 6 nitrogen and oxygen atoms in total. The average Bonchev–Trinajstić information content (AvgIpc) is 2.18. The third kappa shape index (κ3) is 1.94. The van der Waals surface area contributed by atoms with Crippen molar-refractivity contribution in [2.24, 2.45) is 0 Å². The number of nitrogens with zero attached hydrogens (tertiary/aromatic N) is 1. The molecule has 1 N–H and O–H groups in total. The van der Waals surface area contributed by atoms with Crippen molar-refractivity contribution in [1.29, 1.82) is 0 Å². The van der Waals surface area contributed by atoms with Gasteiger partial charge in [-0.25, -0.2) is 16.8 Å². The molecule has 0 aromatic carbocycles. The van der Waals surface area contributed by atoms with Gasteiger partial charge < -0.3 is 5.32 Å². The SMILES string of the molecule is O=S1(=O)CCNC=C1N1CCC=CS1(=O)=O. The normalized spacial score (nSPS) is 27.0. The van der Waals surface area contributed by atoms with Gasteiger partial charge in [-0.3, -0.25) is 4.31 Å². The van der Waals surface area contributed by atoms with Crippen molar-refractivity contribution in [2.45, 2.75) is 6.42 Å². The van der Waals surface area contributed by atoms with Gasteiger partial charge in [0.1, 0.15) is 0 Å². The van der Waals surface area contributed by atoms with Gasteiger partial charge in [-0.2, -0.15) is 0 Å². The number of hydrogen-bond donors (Lipinski definition) is 1. The molecule has 0 amide bonds. The van der Waals surface area contributed by atoms with E-state index in [1.165, 1.54) is 12.3 Å². The highest BCUT2D eigenvalue weighted by Crippen LogP contribution is 2.23. The van der Waals surface area contributed by atoms with Gasteiger partial charge in [-0.05, 0) is 6.42 Å². The maximum atomic E-state index is 11.7. The lowest BCUT2D eigenvalue weighted by molar-refractivity contribution is 0.485. The maximum Gasteiger partial charge on any atom is 0.257 e. The van der Waals surface area contributed by atoms with E-state index < -0.39 is 19.9 Å². The molecule has 0 unspecified atom stereocenters. The second kappa shape index (κ2) is 3.77. The van der Waals surface area contributed by atoms with Gasteiger partial charge in [-0.15, -0.1) is 0 Å². The van der Waals surface area contributed by atoms with Gasteiger partial charge in [0.05, 0.1) is 5.75 Å². The molecule has 0 saturated carbocycles. The molecule has 0 aromatic rings. The highest BCUT2D eigenvalue weighted by Gasteiger charge is 2.33. The predicted molar refractivity (Wildman–Crippen MR) is 59.3 cm³/mol. The molecule has 0 fully saturated rings. The molecular weight excluding hydrogens is 252 g/mol. The van der Waals surface area contributed by atoms with Crippen molar-refractivity contribution in [3.8, 4) is 0 Å². The third-order valence-electron chi connectivity index (χ3n) is 2.38. The van der Waals surface area contributed by atoms with Gasteiger partial charge in [0.25, 0.3) is 10.0 Å². The van der Waals surface area contributed by atoms with E-state index >= 15 is 0 Å². The minimum atomic E-state index is -3.63. The van der Waals surface area contributed by atoms with Gasteiger partial charge >= 0.3 is 0 Å². The van der Waals surface area contributed by atoms with Crippen LogP contribution < -0.4 is 5.32 Å². The summed E-state index contributed by atoms with van der Waals surface area (Å²) in [6, 6.07) is 0. The van der Waals surface area contributed by atoms with Crippen LogP contribution in [0.4, 0.5) is 0 Å². The van der Waals surface area contributed by atoms with Crippen LogP contribution in [0.15, 0.2) is 22.7 Å². The molecular formula is C8H12N2O4S2. The highest BCUT2D eigenvalue weighted by molar-refractivity contribution is 7.97. The van der Waals surface area contributed by atoms with Gasteiger partial charge in [0.2, 0.25) is 0 Å². The van der Waals surface area contributed by atoms with Crippen molar-refractivity contribution < 1.29 is 16.8 Å². The summed E-state index contributed by atoms with van der Waals surface area (Å²) < 4.78 is 47.7. The molecule has 0 spiro atoms. The average molecular weight is 264 g/mol. The van der Waals surface area contributed by atoms with Crippen molar-refractivity contribution >= 4 is 19.9 Å². The molecule has 2 rings (SSSR count). The van der Waals surface area contributed by atoms with Crippen LogP contribution in [-0.4, -0.2) is 40.0 Å². The van der Waals surface area contributed by atoms with Crippen LogP contribution in [0.3, 0.4) is 0 Å². The minimum absolute atomic E-state index is 0.0748. The van der Waals surface area contributed by atoms with Crippen LogP contribution in [0.25, 0.3) is 0 Å². The number of sulfone groups is 1. The van der Waals surface area contributed by atoms with E-state index in [9.17, 15) is 16.8 Å². The van der Waals surface area contributed by atoms with E-state index in [4.69, 9.17) is 0 Å².